The van der Waals surface area contributed by atoms with Crippen LogP contribution in [0.25, 0.3) is 0 Å². The van der Waals surface area contributed by atoms with E-state index >= 15 is 0 Å². The zero-order valence-electron chi connectivity index (χ0n) is 12.5. The number of nitrogens with one attached hydrogen (secondary N) is 1. The molecule has 6 nitrogen and oxygen atoms in total. The van der Waals surface area contributed by atoms with Gasteiger partial charge in [0, 0.05) is 18.8 Å². The summed E-state index contributed by atoms with van der Waals surface area (Å²) in [4.78, 5) is 28.4. The Bertz CT molecular complexity index is 479. The molecule has 0 aromatic carbocycles. The third kappa shape index (κ3) is 5.63. The van der Waals surface area contributed by atoms with Crippen molar-refractivity contribution in [1.82, 2.24) is 9.88 Å². The molecule has 2 N–H and O–H groups in total. The van der Waals surface area contributed by atoms with Gasteiger partial charge < -0.3 is 15.3 Å². The van der Waals surface area contributed by atoms with Gasteiger partial charge in [0.15, 0.2) is 0 Å². The fourth-order valence-electron chi connectivity index (χ4n) is 1.83. The van der Waals surface area contributed by atoms with Crippen LogP contribution in [0.1, 0.15) is 19.0 Å². The Morgan fingerprint density at radius 3 is 2.67 bits per heavy atom. The number of carboxylic acids is 1. The van der Waals surface area contributed by atoms with Crippen molar-refractivity contribution >= 4 is 29.4 Å². The van der Waals surface area contributed by atoms with E-state index in [4.69, 9.17) is 5.11 Å². The summed E-state index contributed by atoms with van der Waals surface area (Å²) >= 11 is 1.70. The highest BCUT2D eigenvalue weighted by Crippen LogP contribution is 2.12. The Labute approximate surface area is 128 Å². The highest BCUT2D eigenvalue weighted by atomic mass is 32.2. The quantitative estimate of drug-likeness (QED) is 0.807. The molecule has 0 spiro atoms. The lowest BCUT2D eigenvalue weighted by atomic mass is 10.2. The van der Waals surface area contributed by atoms with Gasteiger partial charge in [-0.05, 0) is 24.8 Å². The minimum Gasteiger partial charge on any atom is -0.481 e. The largest absolute Gasteiger partial charge is 0.481 e. The summed E-state index contributed by atoms with van der Waals surface area (Å²) in [5, 5.41) is 11.4. The summed E-state index contributed by atoms with van der Waals surface area (Å²) < 4.78 is 0. The molecule has 0 aliphatic rings. The van der Waals surface area contributed by atoms with Crippen LogP contribution in [0.5, 0.6) is 0 Å². The lowest BCUT2D eigenvalue weighted by Crippen LogP contribution is -2.41. The molecule has 2 amide bonds. The van der Waals surface area contributed by atoms with E-state index in [1.165, 1.54) is 6.20 Å². The van der Waals surface area contributed by atoms with E-state index in [1.807, 2.05) is 13.2 Å². The molecule has 1 aromatic rings. The molecule has 7 heteroatoms. The van der Waals surface area contributed by atoms with Crippen molar-refractivity contribution in [3.05, 3.63) is 24.0 Å². The van der Waals surface area contributed by atoms with Gasteiger partial charge in [-0.25, -0.2) is 4.79 Å². The smallest absolute Gasteiger partial charge is 0.321 e. The second kappa shape index (κ2) is 8.51. The van der Waals surface area contributed by atoms with Crippen LogP contribution < -0.4 is 5.32 Å². The number of carboxylic acid groups (broad SMARTS) is 1. The molecule has 0 aliphatic carbocycles. The average Bonchev–Trinajstić information content (AvgIpc) is 2.45. The second-order valence-corrected chi connectivity index (χ2v) is 5.58. The van der Waals surface area contributed by atoms with E-state index in [9.17, 15) is 9.59 Å². The molecule has 0 saturated heterocycles. The van der Waals surface area contributed by atoms with Crippen molar-refractivity contribution in [3.8, 4) is 0 Å². The lowest BCUT2D eigenvalue weighted by molar-refractivity contribution is -0.136. The Hall–Kier alpha value is -1.76. The van der Waals surface area contributed by atoms with Crippen molar-refractivity contribution in [3.63, 3.8) is 0 Å². The first-order chi connectivity index (χ1) is 9.97. The lowest BCUT2D eigenvalue weighted by Gasteiger charge is -2.26. The fourth-order valence-corrected chi connectivity index (χ4v) is 2.68. The zero-order valence-corrected chi connectivity index (χ0v) is 13.3. The number of amides is 2. The number of rotatable bonds is 7. The number of thioether (sulfide) groups is 1. The highest BCUT2D eigenvalue weighted by Gasteiger charge is 2.17. The summed E-state index contributed by atoms with van der Waals surface area (Å²) in [6, 6.07) is 3.25. The SMILES string of the molecule is CCC(CSC)N(C)C(=O)Nc1ccc(CC(=O)O)nc1. The van der Waals surface area contributed by atoms with Gasteiger partial charge in [0.2, 0.25) is 0 Å². The van der Waals surface area contributed by atoms with Crippen LogP contribution in [-0.4, -0.2) is 52.1 Å². The van der Waals surface area contributed by atoms with Crippen LogP contribution in [-0.2, 0) is 11.2 Å². The summed E-state index contributed by atoms with van der Waals surface area (Å²) in [7, 11) is 1.77. The maximum Gasteiger partial charge on any atom is 0.321 e. The molecule has 21 heavy (non-hydrogen) atoms. The van der Waals surface area contributed by atoms with Crippen molar-refractivity contribution < 1.29 is 14.7 Å². The Balaban J connectivity index is 2.63. The highest BCUT2D eigenvalue weighted by molar-refractivity contribution is 7.98. The molecule has 0 saturated carbocycles. The maximum absolute atomic E-state index is 12.1. The molecule has 1 aromatic heterocycles. The topological polar surface area (TPSA) is 82.5 Å². The van der Waals surface area contributed by atoms with Gasteiger partial charge in [0.1, 0.15) is 0 Å². The standard InChI is InChI=1S/C14H21N3O3S/c1-4-12(9-21-3)17(2)14(20)16-11-6-5-10(15-8-11)7-13(18)19/h5-6,8,12H,4,7,9H2,1-3H3,(H,16,20)(H,18,19). The number of hydrogen-bond acceptors (Lipinski definition) is 4. The van der Waals surface area contributed by atoms with E-state index in [0.29, 0.717) is 11.4 Å². The minimum absolute atomic E-state index is 0.125. The molecular weight excluding hydrogens is 290 g/mol. The van der Waals surface area contributed by atoms with E-state index < -0.39 is 5.97 Å². The molecule has 0 radical (unpaired) electrons. The van der Waals surface area contributed by atoms with Crippen molar-refractivity contribution in [2.24, 2.45) is 0 Å². The number of urea groups is 1. The van der Waals surface area contributed by atoms with Gasteiger partial charge in [-0.1, -0.05) is 6.92 Å². The van der Waals surface area contributed by atoms with Crippen molar-refractivity contribution in [1.29, 1.82) is 0 Å². The maximum atomic E-state index is 12.1. The van der Waals surface area contributed by atoms with Crippen LogP contribution in [0.15, 0.2) is 18.3 Å². The summed E-state index contributed by atoms with van der Waals surface area (Å²) in [6.07, 6.45) is 4.25. The van der Waals surface area contributed by atoms with Crippen LogP contribution in [0.3, 0.4) is 0 Å². The predicted octanol–water partition coefficient (Wildman–Crippen LogP) is 2.31. The van der Waals surface area contributed by atoms with Gasteiger partial charge in [-0.3, -0.25) is 9.78 Å². The van der Waals surface area contributed by atoms with Crippen molar-refractivity contribution in [2.75, 3.05) is 24.4 Å². The molecule has 1 unspecified atom stereocenters. The number of aliphatic carboxylic acids is 1. The molecule has 1 heterocycles. The number of hydrogen-bond donors (Lipinski definition) is 2. The van der Waals surface area contributed by atoms with Crippen LogP contribution in [0, 0.1) is 0 Å². The third-order valence-corrected chi connectivity index (χ3v) is 3.82. The normalized spacial score (nSPS) is 11.8. The first kappa shape index (κ1) is 17.3. The van der Waals surface area contributed by atoms with Gasteiger partial charge in [0.05, 0.1) is 24.0 Å². The number of anilines is 1. The first-order valence-electron chi connectivity index (χ1n) is 6.67. The van der Waals surface area contributed by atoms with Crippen molar-refractivity contribution in [2.45, 2.75) is 25.8 Å². The Morgan fingerprint density at radius 2 is 2.19 bits per heavy atom. The predicted molar refractivity (Wildman–Crippen MR) is 84.8 cm³/mol. The number of pyridine rings is 1. The van der Waals surface area contributed by atoms with Gasteiger partial charge in [0.25, 0.3) is 0 Å². The number of aromatic nitrogens is 1. The molecular formula is C14H21N3O3S. The number of carbonyl (C=O) groups is 2. The Morgan fingerprint density at radius 1 is 1.48 bits per heavy atom. The molecule has 116 valence electrons. The van der Waals surface area contributed by atoms with E-state index in [2.05, 4.69) is 10.3 Å². The van der Waals surface area contributed by atoms with Crippen LogP contribution in [0.2, 0.25) is 0 Å². The average molecular weight is 311 g/mol. The molecule has 0 aliphatic heterocycles. The Kier molecular flexibility index (Phi) is 7.01. The molecule has 1 atom stereocenters. The summed E-state index contributed by atoms with van der Waals surface area (Å²) in [5.74, 6) is -0.0437. The van der Waals surface area contributed by atoms with E-state index in [0.717, 1.165) is 12.2 Å². The third-order valence-electron chi connectivity index (χ3n) is 3.11. The molecule has 1 rings (SSSR count). The van der Waals surface area contributed by atoms with Crippen LogP contribution in [0.4, 0.5) is 10.5 Å². The van der Waals surface area contributed by atoms with E-state index in [-0.39, 0.29) is 18.5 Å². The first-order valence-corrected chi connectivity index (χ1v) is 8.06. The fraction of sp³-hybridized carbons (Fsp3) is 0.500. The zero-order chi connectivity index (χ0) is 15.8. The van der Waals surface area contributed by atoms with Gasteiger partial charge >= 0.3 is 12.0 Å². The van der Waals surface area contributed by atoms with Gasteiger partial charge in [-0.2, -0.15) is 11.8 Å². The minimum atomic E-state index is -0.929. The van der Waals surface area contributed by atoms with Crippen LogP contribution >= 0.6 is 11.8 Å². The monoisotopic (exact) mass is 311 g/mol. The van der Waals surface area contributed by atoms with E-state index in [1.54, 1.807) is 35.8 Å². The molecule has 0 fully saturated rings. The molecule has 0 bridgehead atoms. The summed E-state index contributed by atoms with van der Waals surface area (Å²) in [6.45, 7) is 2.05. The second-order valence-electron chi connectivity index (χ2n) is 4.67. The van der Waals surface area contributed by atoms with Gasteiger partial charge in [-0.15, -0.1) is 0 Å². The number of carbonyl (C=O) groups excluding carboxylic acids is 1. The summed E-state index contributed by atoms with van der Waals surface area (Å²) in [5.41, 5.74) is 1.02. The number of nitrogens with zero attached hydrogens (tertiary/aromatic N) is 2.